The number of carbonyl (C=O) groups is 3. The van der Waals surface area contributed by atoms with Crippen LogP contribution in [0.1, 0.15) is 36.8 Å². The summed E-state index contributed by atoms with van der Waals surface area (Å²) in [7, 11) is 0. The second-order valence-corrected chi connectivity index (χ2v) is 8.01. The van der Waals surface area contributed by atoms with E-state index in [1.54, 1.807) is 0 Å². The summed E-state index contributed by atoms with van der Waals surface area (Å²) in [5, 5.41) is 23.1. The number of alkyl carbamates (subject to hydrolysis) is 1. The van der Waals surface area contributed by atoms with Gasteiger partial charge in [0.1, 0.15) is 6.61 Å². The maximum absolute atomic E-state index is 12.2. The number of amides is 2. The summed E-state index contributed by atoms with van der Waals surface area (Å²) in [5.41, 5.74) is 4.60. The Hall–Kier alpha value is -3.39. The minimum atomic E-state index is -1.50. The van der Waals surface area contributed by atoms with E-state index in [1.165, 1.54) is 0 Å². The molecule has 1 aliphatic rings. The van der Waals surface area contributed by atoms with Gasteiger partial charge in [-0.05, 0) is 28.2 Å². The van der Waals surface area contributed by atoms with Crippen molar-refractivity contribution in [3.63, 3.8) is 0 Å². The highest BCUT2D eigenvalue weighted by molar-refractivity contribution is 5.79. The van der Waals surface area contributed by atoms with Crippen molar-refractivity contribution in [3.05, 3.63) is 59.7 Å². The monoisotopic (exact) mass is 440 g/mol. The summed E-state index contributed by atoms with van der Waals surface area (Å²) in [6.45, 7) is 2.37. The Morgan fingerprint density at radius 1 is 1.00 bits per heavy atom. The molecule has 32 heavy (non-hydrogen) atoms. The number of carboxylic acid groups (broad SMARTS) is 1. The summed E-state index contributed by atoms with van der Waals surface area (Å²) in [4.78, 5) is 34.7. The maximum atomic E-state index is 12.2. The molecule has 2 aromatic carbocycles. The third-order valence-electron chi connectivity index (χ3n) is 5.50. The molecule has 8 nitrogen and oxygen atoms in total. The third kappa shape index (κ3) is 5.85. The Balaban J connectivity index is 1.41. The number of ether oxygens (including phenoxy) is 1. The van der Waals surface area contributed by atoms with Gasteiger partial charge in [0.05, 0.1) is 0 Å². The van der Waals surface area contributed by atoms with Crippen LogP contribution in [0.3, 0.4) is 0 Å². The van der Waals surface area contributed by atoms with E-state index in [1.807, 2.05) is 31.2 Å². The molecule has 0 saturated heterocycles. The first-order valence-electron chi connectivity index (χ1n) is 10.6. The lowest BCUT2D eigenvalue weighted by molar-refractivity contribution is -0.147. The molecule has 0 bridgehead atoms. The zero-order chi connectivity index (χ0) is 23.1. The zero-order valence-electron chi connectivity index (χ0n) is 17.9. The lowest BCUT2D eigenvalue weighted by atomic mass is 9.98. The molecule has 0 radical (unpaired) electrons. The van der Waals surface area contributed by atoms with Gasteiger partial charge in [0.2, 0.25) is 5.91 Å². The van der Waals surface area contributed by atoms with E-state index in [4.69, 9.17) is 9.84 Å². The van der Waals surface area contributed by atoms with E-state index in [9.17, 15) is 19.5 Å². The van der Waals surface area contributed by atoms with Crippen LogP contribution in [0.5, 0.6) is 0 Å². The molecule has 2 amide bonds. The molecule has 0 aromatic heterocycles. The topological polar surface area (TPSA) is 125 Å². The van der Waals surface area contributed by atoms with Gasteiger partial charge in [-0.2, -0.15) is 0 Å². The molecule has 2 aromatic rings. The van der Waals surface area contributed by atoms with Gasteiger partial charge in [0.25, 0.3) is 0 Å². The SMILES string of the molecule is CC(CNC(=O)OCC1c2ccccc2-c2ccccc21)CC(=O)NCCC(O)C(=O)O. The molecule has 4 N–H and O–H groups in total. The molecule has 2 unspecified atom stereocenters. The standard InChI is InChI=1S/C24H28N2O6/c1-15(12-22(28)25-11-10-21(27)23(29)30)13-26-24(31)32-14-20-18-8-4-2-6-16(18)17-7-3-5-9-19(17)20/h2-9,15,20-21,27H,10-14H2,1H3,(H,25,28)(H,26,31)(H,29,30). The van der Waals surface area contributed by atoms with Crippen molar-refractivity contribution >= 4 is 18.0 Å². The molecule has 3 rings (SSSR count). The van der Waals surface area contributed by atoms with Gasteiger partial charge in [-0.3, -0.25) is 4.79 Å². The van der Waals surface area contributed by atoms with E-state index >= 15 is 0 Å². The molecule has 8 heteroatoms. The molecule has 0 heterocycles. The van der Waals surface area contributed by atoms with Crippen molar-refractivity contribution in [2.24, 2.45) is 5.92 Å². The second kappa shape index (κ2) is 10.8. The van der Waals surface area contributed by atoms with Gasteiger partial charge in [-0.25, -0.2) is 9.59 Å². The highest BCUT2D eigenvalue weighted by Gasteiger charge is 2.29. The number of aliphatic hydroxyl groups excluding tert-OH is 1. The fourth-order valence-corrected chi connectivity index (χ4v) is 3.84. The van der Waals surface area contributed by atoms with Crippen LogP contribution in [-0.2, 0) is 14.3 Å². The van der Waals surface area contributed by atoms with E-state index in [-0.39, 0.29) is 50.3 Å². The predicted octanol–water partition coefficient (Wildman–Crippen LogP) is 2.50. The average molecular weight is 440 g/mol. The highest BCUT2D eigenvalue weighted by atomic mass is 16.5. The van der Waals surface area contributed by atoms with Gasteiger partial charge in [0, 0.05) is 31.8 Å². The van der Waals surface area contributed by atoms with E-state index in [0.717, 1.165) is 22.3 Å². The largest absolute Gasteiger partial charge is 0.479 e. The van der Waals surface area contributed by atoms with Crippen molar-refractivity contribution in [2.45, 2.75) is 31.8 Å². The molecule has 0 fully saturated rings. The van der Waals surface area contributed by atoms with Crippen LogP contribution in [0.25, 0.3) is 11.1 Å². The Morgan fingerprint density at radius 2 is 1.59 bits per heavy atom. The summed E-state index contributed by atoms with van der Waals surface area (Å²) in [6, 6.07) is 16.2. The molecular formula is C24H28N2O6. The lowest BCUT2D eigenvalue weighted by Gasteiger charge is -2.16. The number of rotatable bonds is 10. The van der Waals surface area contributed by atoms with Crippen molar-refractivity contribution in [1.29, 1.82) is 0 Å². The van der Waals surface area contributed by atoms with Crippen LogP contribution in [-0.4, -0.2) is 54.0 Å². The van der Waals surface area contributed by atoms with Gasteiger partial charge in [0.15, 0.2) is 6.10 Å². The van der Waals surface area contributed by atoms with Crippen LogP contribution in [0.2, 0.25) is 0 Å². The normalized spacial score (nSPS) is 14.1. The Morgan fingerprint density at radius 3 is 2.19 bits per heavy atom. The first kappa shape index (κ1) is 23.3. The molecule has 2 atom stereocenters. The van der Waals surface area contributed by atoms with Crippen molar-refractivity contribution in [3.8, 4) is 11.1 Å². The summed E-state index contributed by atoms with van der Waals surface area (Å²) in [5.74, 6) is -1.75. The second-order valence-electron chi connectivity index (χ2n) is 8.01. The van der Waals surface area contributed by atoms with Crippen molar-refractivity contribution in [2.75, 3.05) is 19.7 Å². The average Bonchev–Trinajstić information content (AvgIpc) is 3.10. The quantitative estimate of drug-likeness (QED) is 0.450. The fraction of sp³-hybridized carbons (Fsp3) is 0.375. The fourth-order valence-electron chi connectivity index (χ4n) is 3.84. The zero-order valence-corrected chi connectivity index (χ0v) is 17.9. The number of aliphatic carboxylic acids is 1. The first-order chi connectivity index (χ1) is 15.4. The van der Waals surface area contributed by atoms with Gasteiger partial charge in [-0.1, -0.05) is 55.5 Å². The van der Waals surface area contributed by atoms with Crippen LogP contribution in [0.15, 0.2) is 48.5 Å². The first-order valence-corrected chi connectivity index (χ1v) is 10.6. The van der Waals surface area contributed by atoms with Crippen LogP contribution >= 0.6 is 0 Å². The van der Waals surface area contributed by atoms with Gasteiger partial charge in [-0.15, -0.1) is 0 Å². The number of hydrogen-bond donors (Lipinski definition) is 4. The number of carbonyl (C=O) groups excluding carboxylic acids is 2. The van der Waals surface area contributed by atoms with Gasteiger partial charge >= 0.3 is 12.1 Å². The van der Waals surface area contributed by atoms with E-state index < -0.39 is 18.2 Å². The highest BCUT2D eigenvalue weighted by Crippen LogP contribution is 2.44. The molecule has 0 spiro atoms. The minimum absolute atomic E-state index is 0.0162. The number of fused-ring (bicyclic) bond motifs is 3. The number of benzene rings is 2. The summed E-state index contributed by atoms with van der Waals surface area (Å²) >= 11 is 0. The predicted molar refractivity (Wildman–Crippen MR) is 118 cm³/mol. The maximum Gasteiger partial charge on any atom is 0.407 e. The summed E-state index contributed by atoms with van der Waals surface area (Å²) in [6.07, 6.45) is -1.94. The van der Waals surface area contributed by atoms with E-state index in [2.05, 4.69) is 34.9 Å². The number of nitrogens with one attached hydrogen (secondary N) is 2. The van der Waals surface area contributed by atoms with Crippen molar-refractivity contribution < 1.29 is 29.3 Å². The van der Waals surface area contributed by atoms with Crippen LogP contribution in [0.4, 0.5) is 4.79 Å². The number of hydrogen-bond acceptors (Lipinski definition) is 5. The molecular weight excluding hydrogens is 412 g/mol. The summed E-state index contributed by atoms with van der Waals surface area (Å²) < 4.78 is 5.47. The van der Waals surface area contributed by atoms with Crippen molar-refractivity contribution in [1.82, 2.24) is 10.6 Å². The molecule has 0 saturated carbocycles. The Bertz CT molecular complexity index is 931. The van der Waals surface area contributed by atoms with Crippen LogP contribution < -0.4 is 10.6 Å². The number of aliphatic hydroxyl groups is 1. The third-order valence-corrected chi connectivity index (χ3v) is 5.50. The lowest BCUT2D eigenvalue weighted by Crippen LogP contribution is -2.34. The molecule has 1 aliphatic carbocycles. The molecule has 0 aliphatic heterocycles. The number of carboxylic acids is 1. The Kier molecular flexibility index (Phi) is 7.83. The minimum Gasteiger partial charge on any atom is -0.479 e. The van der Waals surface area contributed by atoms with Gasteiger partial charge < -0.3 is 25.6 Å². The molecule has 170 valence electrons. The smallest absolute Gasteiger partial charge is 0.407 e. The van der Waals surface area contributed by atoms with Crippen LogP contribution in [0, 0.1) is 5.92 Å². The Labute approximate surface area is 186 Å². The van der Waals surface area contributed by atoms with E-state index in [0.29, 0.717) is 0 Å².